The molecule has 1 saturated heterocycles. The molecule has 0 radical (unpaired) electrons. The van der Waals surface area contributed by atoms with Crippen LogP contribution >= 0.6 is 0 Å². The second-order valence-electron chi connectivity index (χ2n) is 12.1. The molecule has 4 aliphatic carbocycles. The number of piperidine rings is 1. The maximum atomic E-state index is 10.6. The average molecular weight is 505 g/mol. The molecule has 1 aliphatic heterocycles. The lowest BCUT2D eigenvalue weighted by atomic mass is 9.47. The topological polar surface area (TPSA) is 120 Å². The number of carbonyl (C=O) groups is 2. The van der Waals surface area contributed by atoms with E-state index in [1.807, 2.05) is 0 Å². The van der Waals surface area contributed by atoms with Gasteiger partial charge in [-0.1, -0.05) is 31.0 Å². The zero-order chi connectivity index (χ0) is 25.9. The minimum absolute atomic E-state index is 0.0691. The molecule has 0 amide bonds. The summed E-state index contributed by atoms with van der Waals surface area (Å²) in [5.74, 6) is -1.31. The van der Waals surface area contributed by atoms with Crippen molar-refractivity contribution in [1.29, 1.82) is 0 Å². The van der Waals surface area contributed by atoms with Crippen LogP contribution in [0.4, 0.5) is 0 Å². The molecule has 0 aromatic heterocycles. The van der Waals surface area contributed by atoms with Gasteiger partial charge in [0.25, 0.3) is 0 Å². The fourth-order valence-electron chi connectivity index (χ4n) is 8.10. The molecule has 4 fully saturated rings. The lowest BCUT2D eigenvalue weighted by molar-refractivity contribution is -0.159. The van der Waals surface area contributed by atoms with E-state index >= 15 is 0 Å². The Morgan fingerprint density at radius 3 is 2.42 bits per heavy atom. The van der Waals surface area contributed by atoms with E-state index in [2.05, 4.69) is 30.0 Å². The van der Waals surface area contributed by atoms with Crippen molar-refractivity contribution < 1.29 is 29.7 Å². The molecule has 36 heavy (non-hydrogen) atoms. The number of oxime groups is 1. The van der Waals surface area contributed by atoms with Crippen molar-refractivity contribution in [3.63, 3.8) is 0 Å². The third-order valence-electron chi connectivity index (χ3n) is 10.2. The zero-order valence-corrected chi connectivity index (χ0v) is 22.0. The number of fused-ring (bicyclic) bond motifs is 5. The predicted octanol–water partition coefficient (Wildman–Crippen LogP) is 4.32. The number of aliphatic hydroxyl groups is 1. The molecule has 6 atom stereocenters. The summed E-state index contributed by atoms with van der Waals surface area (Å²) in [5.41, 5.74) is 3.32. The Kier molecular flexibility index (Phi) is 8.45. The molecule has 3 saturated carbocycles. The maximum Gasteiger partial charge on any atom is 0.414 e. The summed E-state index contributed by atoms with van der Waals surface area (Å²) in [5, 5.41) is 30.0. The van der Waals surface area contributed by atoms with Gasteiger partial charge in [-0.05, 0) is 112 Å². The predicted molar refractivity (Wildman–Crippen MR) is 137 cm³/mol. The monoisotopic (exact) mass is 504 g/mol. The maximum absolute atomic E-state index is 10.6. The van der Waals surface area contributed by atoms with Gasteiger partial charge < -0.3 is 20.2 Å². The van der Waals surface area contributed by atoms with Crippen molar-refractivity contribution in [3.8, 4) is 0 Å². The second kappa shape index (κ2) is 11.2. The van der Waals surface area contributed by atoms with Gasteiger partial charge in [0.1, 0.15) is 6.61 Å². The van der Waals surface area contributed by atoms with E-state index in [0.717, 1.165) is 49.5 Å². The number of hydrogen-bond acceptors (Lipinski definition) is 6. The third kappa shape index (κ3) is 5.49. The number of aliphatic hydroxyl groups excluding tert-OH is 1. The van der Waals surface area contributed by atoms with Gasteiger partial charge in [-0.25, -0.2) is 9.59 Å². The van der Waals surface area contributed by atoms with Crippen LogP contribution < -0.4 is 0 Å². The highest BCUT2D eigenvalue weighted by Crippen LogP contribution is 2.65. The molecule has 0 aromatic carbocycles. The Balaban J connectivity index is 0.000000455. The van der Waals surface area contributed by atoms with Crippen LogP contribution in [0.25, 0.3) is 0 Å². The largest absolute Gasteiger partial charge is 0.473 e. The summed E-state index contributed by atoms with van der Waals surface area (Å²) in [6, 6.07) is 0. The van der Waals surface area contributed by atoms with Crippen molar-refractivity contribution in [2.45, 2.75) is 90.6 Å². The summed E-state index contributed by atoms with van der Waals surface area (Å²) in [6.45, 7) is 9.10. The van der Waals surface area contributed by atoms with Crippen molar-refractivity contribution in [2.75, 3.05) is 26.2 Å². The van der Waals surface area contributed by atoms with Gasteiger partial charge in [-0.2, -0.15) is 0 Å². The minimum atomic E-state index is -1.82. The van der Waals surface area contributed by atoms with E-state index in [4.69, 9.17) is 24.6 Å². The SMILES string of the molecule is C[C@]12CC[C@H]3[C@@H](CCC4=C/C(=N/OCCN5CCCCC5)CC[C@@]43C)[C@@H]1CC[C@@H]2O.O=C(O)C(=O)O. The fourth-order valence-corrected chi connectivity index (χ4v) is 8.10. The van der Waals surface area contributed by atoms with E-state index in [0.29, 0.717) is 5.41 Å². The van der Waals surface area contributed by atoms with Crippen LogP contribution in [-0.2, 0) is 14.4 Å². The normalized spacial score (nSPS) is 39.1. The van der Waals surface area contributed by atoms with Crippen molar-refractivity contribution >= 4 is 17.7 Å². The first-order chi connectivity index (χ1) is 17.1. The molecular formula is C28H44N2O6. The molecule has 8 nitrogen and oxygen atoms in total. The van der Waals surface area contributed by atoms with Crippen molar-refractivity contribution in [3.05, 3.63) is 11.6 Å². The Hall–Kier alpha value is -1.93. The van der Waals surface area contributed by atoms with Crippen LogP contribution in [0.3, 0.4) is 0 Å². The van der Waals surface area contributed by atoms with Crippen LogP contribution in [-0.4, -0.2) is 70.2 Å². The van der Waals surface area contributed by atoms with Gasteiger partial charge in [-0.15, -0.1) is 0 Å². The summed E-state index contributed by atoms with van der Waals surface area (Å²) < 4.78 is 0. The Morgan fingerprint density at radius 2 is 1.72 bits per heavy atom. The number of hydrogen-bond donors (Lipinski definition) is 3. The summed E-state index contributed by atoms with van der Waals surface area (Å²) in [7, 11) is 0. The number of nitrogens with zero attached hydrogens (tertiary/aromatic N) is 2. The van der Waals surface area contributed by atoms with Crippen LogP contribution in [0.2, 0.25) is 0 Å². The van der Waals surface area contributed by atoms with Crippen LogP contribution in [0.1, 0.15) is 84.5 Å². The molecule has 0 spiro atoms. The first-order valence-corrected chi connectivity index (χ1v) is 13.9. The van der Waals surface area contributed by atoms with Crippen molar-refractivity contribution in [1.82, 2.24) is 4.90 Å². The number of rotatable bonds is 4. The first-order valence-electron chi connectivity index (χ1n) is 13.9. The van der Waals surface area contributed by atoms with E-state index in [-0.39, 0.29) is 11.5 Å². The van der Waals surface area contributed by atoms with Gasteiger partial charge in [0, 0.05) is 6.54 Å². The molecule has 3 N–H and O–H groups in total. The molecule has 0 aromatic rings. The highest BCUT2D eigenvalue weighted by atomic mass is 16.6. The van der Waals surface area contributed by atoms with E-state index in [1.165, 1.54) is 70.9 Å². The smallest absolute Gasteiger partial charge is 0.414 e. The highest BCUT2D eigenvalue weighted by Gasteiger charge is 2.58. The van der Waals surface area contributed by atoms with Gasteiger partial charge >= 0.3 is 11.9 Å². The molecule has 0 bridgehead atoms. The lowest BCUT2D eigenvalue weighted by Crippen LogP contribution is -2.51. The Morgan fingerprint density at radius 1 is 1.00 bits per heavy atom. The van der Waals surface area contributed by atoms with Crippen LogP contribution in [0, 0.1) is 28.6 Å². The number of likely N-dealkylation sites (tertiary alicyclic amines) is 1. The van der Waals surface area contributed by atoms with Crippen LogP contribution in [0.5, 0.6) is 0 Å². The number of aliphatic carboxylic acids is 2. The van der Waals surface area contributed by atoms with E-state index in [9.17, 15) is 5.11 Å². The van der Waals surface area contributed by atoms with E-state index in [1.54, 1.807) is 5.57 Å². The molecule has 5 rings (SSSR count). The minimum Gasteiger partial charge on any atom is -0.473 e. The van der Waals surface area contributed by atoms with Gasteiger partial charge in [0.05, 0.1) is 11.8 Å². The summed E-state index contributed by atoms with van der Waals surface area (Å²) in [4.78, 5) is 26.5. The standard InChI is InChI=1S/C26H42N2O2.C2H2O4/c1-25-12-10-20(27-30-17-16-28-14-4-3-5-15-28)18-19(25)6-7-21-22-8-9-24(29)26(22,2)13-11-23(21)25;3-1(4)2(5)6/h18,21-24,29H,3-17H2,1-2H3;(H,3,4)(H,5,6)/b27-20+;/t21-,22-,23-,24-,25-,26-;/m0./s1. The van der Waals surface area contributed by atoms with Crippen molar-refractivity contribution in [2.24, 2.45) is 33.7 Å². The molecule has 8 heteroatoms. The second-order valence-corrected chi connectivity index (χ2v) is 12.1. The lowest BCUT2D eigenvalue weighted by Gasteiger charge is -2.57. The first kappa shape index (κ1) is 27.1. The fraction of sp³-hybridized carbons (Fsp3) is 0.821. The number of allylic oxidation sites excluding steroid dienone is 2. The van der Waals surface area contributed by atoms with Crippen LogP contribution in [0.15, 0.2) is 16.8 Å². The molecule has 0 unspecified atom stereocenters. The van der Waals surface area contributed by atoms with Gasteiger partial charge in [0.2, 0.25) is 0 Å². The Bertz CT molecular complexity index is 869. The summed E-state index contributed by atoms with van der Waals surface area (Å²) >= 11 is 0. The molecular weight excluding hydrogens is 460 g/mol. The highest BCUT2D eigenvalue weighted by molar-refractivity contribution is 6.27. The third-order valence-corrected chi connectivity index (χ3v) is 10.2. The zero-order valence-electron chi connectivity index (χ0n) is 22.0. The van der Waals surface area contributed by atoms with Gasteiger partial charge in [0.15, 0.2) is 0 Å². The van der Waals surface area contributed by atoms with E-state index < -0.39 is 11.9 Å². The van der Waals surface area contributed by atoms with Gasteiger partial charge in [-0.3, -0.25) is 4.90 Å². The molecule has 202 valence electrons. The number of carboxylic acids is 2. The molecule has 1 heterocycles. The average Bonchev–Trinajstić information content (AvgIpc) is 3.17. The summed E-state index contributed by atoms with van der Waals surface area (Å²) in [6.07, 6.45) is 16.0. The molecule has 5 aliphatic rings. The Labute approximate surface area is 214 Å². The number of carboxylic acid groups (broad SMARTS) is 2. The quantitative estimate of drug-likeness (QED) is 0.296.